The van der Waals surface area contributed by atoms with Crippen LogP contribution in [0, 0.1) is 0 Å². The van der Waals surface area contributed by atoms with Crippen LogP contribution in [0.15, 0.2) is 18.2 Å². The van der Waals surface area contributed by atoms with Gasteiger partial charge in [-0.15, -0.1) is 0 Å². The number of halogens is 3. The Morgan fingerprint density at radius 3 is 2.17 bits per heavy atom. The smallest absolute Gasteiger partial charge is 0.496 e. The summed E-state index contributed by atoms with van der Waals surface area (Å²) in [6.07, 6.45) is 0.713. The molecule has 0 spiro atoms. The Labute approximate surface area is 129 Å². The number of nitrogens with one attached hydrogen (secondary N) is 1. The number of carbonyl (C=O) groups is 1. The maximum atomic E-state index is 12.2. The number of carbonyl (C=O) groups excluding carboxylic acids is 1. The molecule has 1 amide bonds. The van der Waals surface area contributed by atoms with Crippen molar-refractivity contribution >= 4 is 26.0 Å². The summed E-state index contributed by atoms with van der Waals surface area (Å²) in [6.45, 7) is 0. The third kappa shape index (κ3) is 4.99. The van der Waals surface area contributed by atoms with Crippen molar-refractivity contribution in [3.63, 3.8) is 0 Å². The molecule has 13 heteroatoms. The van der Waals surface area contributed by atoms with Crippen LogP contribution in [0.4, 0.5) is 13.2 Å². The van der Waals surface area contributed by atoms with E-state index in [0.717, 1.165) is 19.2 Å². The molecule has 130 valence electrons. The van der Waals surface area contributed by atoms with Gasteiger partial charge in [0.25, 0.3) is 5.91 Å². The molecular formula is C10H10F3NO7S2. The molecular weight excluding hydrogens is 367 g/mol. The van der Waals surface area contributed by atoms with Gasteiger partial charge in [0.05, 0.1) is 18.9 Å². The van der Waals surface area contributed by atoms with E-state index in [9.17, 15) is 34.8 Å². The van der Waals surface area contributed by atoms with Crippen molar-refractivity contribution in [2.24, 2.45) is 0 Å². The molecule has 0 aromatic heterocycles. The van der Waals surface area contributed by atoms with Crippen LogP contribution in [0.2, 0.25) is 0 Å². The number of methoxy groups -OCH3 is 1. The monoisotopic (exact) mass is 377 g/mol. The van der Waals surface area contributed by atoms with E-state index in [-0.39, 0.29) is 11.3 Å². The van der Waals surface area contributed by atoms with Crippen LogP contribution in [-0.2, 0) is 20.1 Å². The van der Waals surface area contributed by atoms with E-state index in [4.69, 9.17) is 4.74 Å². The molecule has 1 aromatic carbocycles. The van der Waals surface area contributed by atoms with E-state index in [2.05, 4.69) is 4.18 Å². The summed E-state index contributed by atoms with van der Waals surface area (Å²) in [4.78, 5) is 11.7. The normalized spacial score (nSPS) is 12.6. The molecule has 0 radical (unpaired) electrons. The summed E-state index contributed by atoms with van der Waals surface area (Å²) in [5.74, 6) is -2.27. The summed E-state index contributed by atoms with van der Waals surface area (Å²) in [5, 5.41) is 0. The van der Waals surface area contributed by atoms with E-state index in [1.165, 1.54) is 0 Å². The number of benzene rings is 1. The molecule has 1 rings (SSSR count). The van der Waals surface area contributed by atoms with Gasteiger partial charge in [0, 0.05) is 6.07 Å². The number of rotatable bonds is 5. The van der Waals surface area contributed by atoms with Gasteiger partial charge in [-0.25, -0.2) is 13.1 Å². The number of amides is 1. The zero-order valence-corrected chi connectivity index (χ0v) is 13.2. The molecule has 0 bridgehead atoms. The Bertz CT molecular complexity index is 815. The Balaban J connectivity index is 3.18. The van der Waals surface area contributed by atoms with E-state index in [0.29, 0.717) is 12.3 Å². The lowest BCUT2D eigenvalue weighted by molar-refractivity contribution is -0.0500. The number of alkyl halides is 3. The number of hydrogen-bond donors (Lipinski definition) is 1. The molecule has 0 saturated carbocycles. The first-order chi connectivity index (χ1) is 10.3. The van der Waals surface area contributed by atoms with E-state index < -0.39 is 37.3 Å². The SMILES string of the molecule is COc1cc(OS(=O)(=O)C(F)(F)F)ccc1C(=O)NS(C)(=O)=O. The predicted octanol–water partition coefficient (Wildman–Crippen LogP) is 0.613. The quantitative estimate of drug-likeness (QED) is 0.590. The van der Waals surface area contributed by atoms with Gasteiger partial charge >= 0.3 is 15.6 Å². The largest absolute Gasteiger partial charge is 0.534 e. The molecule has 8 nitrogen and oxygen atoms in total. The van der Waals surface area contributed by atoms with Gasteiger partial charge in [-0.2, -0.15) is 21.6 Å². The molecule has 0 aliphatic carbocycles. The Hall–Kier alpha value is -2.02. The topological polar surface area (TPSA) is 116 Å². The van der Waals surface area contributed by atoms with Crippen molar-refractivity contribution in [1.29, 1.82) is 0 Å². The van der Waals surface area contributed by atoms with Crippen molar-refractivity contribution in [3.8, 4) is 11.5 Å². The van der Waals surface area contributed by atoms with Gasteiger partial charge < -0.3 is 8.92 Å². The second kappa shape index (κ2) is 6.23. The van der Waals surface area contributed by atoms with E-state index >= 15 is 0 Å². The van der Waals surface area contributed by atoms with Gasteiger partial charge in [-0.3, -0.25) is 4.79 Å². The number of sulfonamides is 1. The summed E-state index contributed by atoms with van der Waals surface area (Å²) in [7, 11) is -8.74. The van der Waals surface area contributed by atoms with Crippen molar-refractivity contribution in [1.82, 2.24) is 4.72 Å². The van der Waals surface area contributed by atoms with Crippen LogP contribution in [0.5, 0.6) is 11.5 Å². The van der Waals surface area contributed by atoms with Gasteiger partial charge in [0.15, 0.2) is 0 Å². The lowest BCUT2D eigenvalue weighted by atomic mass is 10.2. The zero-order chi connectivity index (χ0) is 18.1. The highest BCUT2D eigenvalue weighted by molar-refractivity contribution is 7.89. The van der Waals surface area contributed by atoms with E-state index in [1.807, 2.05) is 0 Å². The lowest BCUT2D eigenvalue weighted by Gasteiger charge is -2.12. The Morgan fingerprint density at radius 1 is 1.17 bits per heavy atom. The molecule has 0 aliphatic heterocycles. The van der Waals surface area contributed by atoms with E-state index in [1.54, 1.807) is 4.72 Å². The van der Waals surface area contributed by atoms with Gasteiger partial charge in [0.1, 0.15) is 11.5 Å². The zero-order valence-electron chi connectivity index (χ0n) is 11.5. The fourth-order valence-corrected chi connectivity index (χ4v) is 2.21. The standard InChI is InChI=1S/C10H10F3NO7S2/c1-20-8-5-6(21-23(18,19)10(11,12)13)3-4-7(8)9(15)14-22(2,16)17/h3-5H,1-2H3,(H,14,15). The molecule has 1 aromatic rings. The number of ether oxygens (including phenoxy) is 1. The van der Waals surface area contributed by atoms with Crippen LogP contribution in [0.1, 0.15) is 10.4 Å². The maximum absolute atomic E-state index is 12.2. The molecule has 0 atom stereocenters. The minimum absolute atomic E-state index is 0.352. The van der Waals surface area contributed by atoms with Crippen LogP contribution in [0.25, 0.3) is 0 Å². The minimum Gasteiger partial charge on any atom is -0.496 e. The maximum Gasteiger partial charge on any atom is 0.534 e. The fourth-order valence-electron chi connectivity index (χ4n) is 1.31. The molecule has 23 heavy (non-hydrogen) atoms. The lowest BCUT2D eigenvalue weighted by Crippen LogP contribution is -2.30. The first-order valence-corrected chi connectivity index (χ1v) is 8.78. The highest BCUT2D eigenvalue weighted by atomic mass is 32.2. The average molecular weight is 377 g/mol. The van der Waals surface area contributed by atoms with Crippen LogP contribution in [-0.4, -0.2) is 41.6 Å². The van der Waals surface area contributed by atoms with Gasteiger partial charge in [-0.05, 0) is 12.1 Å². The van der Waals surface area contributed by atoms with Crippen molar-refractivity contribution in [2.75, 3.05) is 13.4 Å². The molecule has 1 N–H and O–H groups in total. The fraction of sp³-hybridized carbons (Fsp3) is 0.300. The van der Waals surface area contributed by atoms with Crippen LogP contribution in [0.3, 0.4) is 0 Å². The summed E-state index contributed by atoms with van der Waals surface area (Å²) in [5.41, 5.74) is -5.98. The van der Waals surface area contributed by atoms with Crippen molar-refractivity contribution < 1.29 is 43.7 Å². The molecule has 0 saturated heterocycles. The molecule has 0 heterocycles. The molecule has 0 aliphatic rings. The molecule has 0 fully saturated rings. The Morgan fingerprint density at radius 2 is 1.74 bits per heavy atom. The van der Waals surface area contributed by atoms with Crippen molar-refractivity contribution in [2.45, 2.75) is 5.51 Å². The minimum atomic E-state index is -5.89. The summed E-state index contributed by atoms with van der Waals surface area (Å²) in [6, 6.07) is 2.28. The van der Waals surface area contributed by atoms with Crippen LogP contribution < -0.4 is 13.6 Å². The first-order valence-electron chi connectivity index (χ1n) is 5.48. The van der Waals surface area contributed by atoms with Crippen LogP contribution >= 0.6 is 0 Å². The van der Waals surface area contributed by atoms with Gasteiger partial charge in [-0.1, -0.05) is 0 Å². The third-order valence-corrected chi connectivity index (χ3v) is 3.72. The summed E-state index contributed by atoms with van der Waals surface area (Å²) < 4.78 is 90.6. The summed E-state index contributed by atoms with van der Waals surface area (Å²) >= 11 is 0. The second-order valence-corrected chi connectivity index (χ2v) is 7.33. The highest BCUT2D eigenvalue weighted by Crippen LogP contribution is 2.30. The first kappa shape index (κ1) is 19.0. The number of hydrogen-bond acceptors (Lipinski definition) is 7. The molecule has 0 unspecified atom stereocenters. The third-order valence-electron chi connectivity index (χ3n) is 2.19. The van der Waals surface area contributed by atoms with Gasteiger partial charge in [0.2, 0.25) is 10.0 Å². The Kier molecular flexibility index (Phi) is 5.16. The highest BCUT2D eigenvalue weighted by Gasteiger charge is 2.48. The average Bonchev–Trinajstić information content (AvgIpc) is 2.34. The predicted molar refractivity (Wildman–Crippen MR) is 70.9 cm³/mol. The second-order valence-electron chi connectivity index (χ2n) is 4.05. The van der Waals surface area contributed by atoms with Crippen molar-refractivity contribution in [3.05, 3.63) is 23.8 Å².